The van der Waals surface area contributed by atoms with Gasteiger partial charge in [-0.3, -0.25) is 9.35 Å². The number of carbonyl (C=O) groups is 1. The van der Waals surface area contributed by atoms with Gasteiger partial charge in [0, 0.05) is 6.42 Å². The van der Waals surface area contributed by atoms with E-state index in [1.165, 1.54) is 199 Å². The molecule has 0 saturated carbocycles. The summed E-state index contributed by atoms with van der Waals surface area (Å²) in [5.74, 6) is -0.223. The molecule has 7 atom stereocenters. The van der Waals surface area contributed by atoms with E-state index < -0.39 is 59.9 Å². The molecule has 1 aliphatic rings. The number of hydrogen-bond donors (Lipinski definition) is 6. The van der Waals surface area contributed by atoms with Crippen molar-refractivity contribution >= 4 is 16.3 Å². The average molecular weight is 964 g/mol. The van der Waals surface area contributed by atoms with Gasteiger partial charge in [-0.15, -0.1) is 0 Å². The molecule has 0 radical (unpaired) electrons. The highest BCUT2D eigenvalue weighted by atomic mass is 32.3. The Hall–Kier alpha value is -0.900. The molecule has 66 heavy (non-hydrogen) atoms. The van der Waals surface area contributed by atoms with E-state index in [1.807, 2.05) is 0 Å². The van der Waals surface area contributed by atoms with Gasteiger partial charge in [-0.2, -0.15) is 8.42 Å². The van der Waals surface area contributed by atoms with Gasteiger partial charge in [-0.05, 0) is 12.8 Å². The van der Waals surface area contributed by atoms with Gasteiger partial charge in [0.15, 0.2) is 6.29 Å². The minimum Gasteiger partial charge on any atom is -0.394 e. The lowest BCUT2D eigenvalue weighted by molar-refractivity contribution is -0.298. The zero-order chi connectivity index (χ0) is 48.4. The second-order valence-electron chi connectivity index (χ2n) is 19.9. The van der Waals surface area contributed by atoms with Crippen LogP contribution in [0.15, 0.2) is 0 Å². The molecule has 1 rings (SSSR count). The Balaban J connectivity index is 2.37. The molecular formula is C53H105NO11S. The second kappa shape index (κ2) is 44.1. The van der Waals surface area contributed by atoms with Crippen molar-refractivity contribution in [1.29, 1.82) is 0 Å². The van der Waals surface area contributed by atoms with Gasteiger partial charge in [0.25, 0.3) is 0 Å². The fourth-order valence-corrected chi connectivity index (χ4v) is 9.85. The fraction of sp³-hybridized carbons (Fsp3) is 0.981. The summed E-state index contributed by atoms with van der Waals surface area (Å²) in [5, 5.41) is 45.1. The third-order valence-corrected chi connectivity index (χ3v) is 14.1. The minimum atomic E-state index is -5.08. The lowest BCUT2D eigenvalue weighted by atomic mass is 9.99. The van der Waals surface area contributed by atoms with E-state index >= 15 is 0 Å². The summed E-state index contributed by atoms with van der Waals surface area (Å²) >= 11 is 0. The Kier molecular flexibility index (Phi) is 42.1. The topological polar surface area (TPSA) is 192 Å². The van der Waals surface area contributed by atoms with E-state index in [4.69, 9.17) is 9.47 Å². The highest BCUT2D eigenvalue weighted by Gasteiger charge is 2.48. The first kappa shape index (κ1) is 63.1. The molecule has 1 amide bonds. The third-order valence-electron chi connectivity index (χ3n) is 13.7. The number of nitrogens with one attached hydrogen (secondary N) is 1. The largest absolute Gasteiger partial charge is 0.397 e. The van der Waals surface area contributed by atoms with E-state index in [2.05, 4.69) is 23.3 Å². The molecular weight excluding hydrogens is 859 g/mol. The number of carbonyl (C=O) groups excluding carboxylic acids is 1. The van der Waals surface area contributed by atoms with Crippen molar-refractivity contribution in [3.8, 4) is 0 Å². The summed E-state index contributed by atoms with van der Waals surface area (Å²) in [6.07, 6.45) is 41.0. The molecule has 1 heterocycles. The van der Waals surface area contributed by atoms with E-state index in [0.29, 0.717) is 12.8 Å². The third kappa shape index (κ3) is 36.1. The fourth-order valence-electron chi connectivity index (χ4n) is 9.35. The molecule has 0 bridgehead atoms. The smallest absolute Gasteiger partial charge is 0.394 e. The molecule has 1 saturated heterocycles. The predicted octanol–water partition coefficient (Wildman–Crippen LogP) is 12.5. The zero-order valence-corrected chi connectivity index (χ0v) is 43.4. The van der Waals surface area contributed by atoms with Gasteiger partial charge in [-0.1, -0.05) is 258 Å². The zero-order valence-electron chi connectivity index (χ0n) is 42.5. The van der Waals surface area contributed by atoms with E-state index in [9.17, 15) is 38.2 Å². The second-order valence-corrected chi connectivity index (χ2v) is 20.9. The summed E-state index contributed by atoms with van der Waals surface area (Å²) in [4.78, 5) is 13.1. The Morgan fingerprint density at radius 1 is 0.545 bits per heavy atom. The summed E-state index contributed by atoms with van der Waals surface area (Å²) in [6.45, 7) is 3.50. The van der Waals surface area contributed by atoms with Crippen LogP contribution in [0.25, 0.3) is 0 Å². The molecule has 0 aromatic rings. The summed E-state index contributed by atoms with van der Waals surface area (Å²) < 4.78 is 47.9. The maximum absolute atomic E-state index is 13.1. The van der Waals surface area contributed by atoms with Crippen LogP contribution < -0.4 is 5.32 Å². The van der Waals surface area contributed by atoms with Crippen molar-refractivity contribution in [2.45, 2.75) is 320 Å². The maximum atomic E-state index is 13.1. The van der Waals surface area contributed by atoms with Crippen LogP contribution in [0.4, 0.5) is 0 Å². The molecule has 13 heteroatoms. The standard InChI is InChI=1S/C53H105NO11S/c1-3-5-7-9-11-13-15-17-19-21-23-24-25-27-29-31-33-35-37-39-41-43-49(57)54-46(45-63-53-51(59)52(65-66(60,61)62)50(58)48(44-55)64-53)47(56)42-40-38-36-34-32-30-28-26-22-20-18-16-14-12-10-8-6-4-2/h46-48,50-53,55-56,58-59H,3-45H2,1-2H3,(H,54,57)(H,60,61,62). The lowest BCUT2D eigenvalue weighted by Crippen LogP contribution is -2.61. The molecule has 1 fully saturated rings. The van der Waals surface area contributed by atoms with Crippen LogP contribution in [0.1, 0.15) is 277 Å². The predicted molar refractivity (Wildman–Crippen MR) is 269 cm³/mol. The number of hydrogen-bond acceptors (Lipinski definition) is 10. The highest BCUT2D eigenvalue weighted by Crippen LogP contribution is 2.26. The van der Waals surface area contributed by atoms with Crippen LogP contribution in [-0.2, 0) is 28.9 Å². The van der Waals surface area contributed by atoms with Crippen molar-refractivity contribution in [3.63, 3.8) is 0 Å². The number of rotatable bonds is 49. The quantitative estimate of drug-likeness (QED) is 0.0251. The Bertz CT molecular complexity index is 1180. The van der Waals surface area contributed by atoms with Gasteiger partial charge in [-0.25, -0.2) is 4.18 Å². The lowest BCUT2D eigenvalue weighted by Gasteiger charge is -2.41. The van der Waals surface area contributed by atoms with E-state index in [1.54, 1.807) is 0 Å². The first-order valence-electron chi connectivity index (χ1n) is 27.9. The number of ether oxygens (including phenoxy) is 2. The molecule has 0 aromatic carbocycles. The molecule has 12 nitrogen and oxygen atoms in total. The Morgan fingerprint density at radius 2 is 0.879 bits per heavy atom. The first-order valence-corrected chi connectivity index (χ1v) is 29.3. The van der Waals surface area contributed by atoms with Crippen LogP contribution >= 0.6 is 0 Å². The first-order chi connectivity index (χ1) is 32.0. The average Bonchev–Trinajstić information content (AvgIpc) is 3.29. The molecule has 7 unspecified atom stereocenters. The monoisotopic (exact) mass is 964 g/mol. The Labute approximate surface area is 405 Å². The number of unbranched alkanes of at least 4 members (excludes halogenated alkanes) is 37. The molecule has 6 N–H and O–H groups in total. The minimum absolute atomic E-state index is 0.223. The Morgan fingerprint density at radius 3 is 1.21 bits per heavy atom. The van der Waals surface area contributed by atoms with Crippen molar-refractivity contribution in [2.75, 3.05) is 13.2 Å². The van der Waals surface area contributed by atoms with Gasteiger partial charge in [0.05, 0.1) is 25.4 Å². The molecule has 0 aliphatic carbocycles. The van der Waals surface area contributed by atoms with Crippen molar-refractivity contribution in [1.82, 2.24) is 5.32 Å². The van der Waals surface area contributed by atoms with Crippen LogP contribution in [0.3, 0.4) is 0 Å². The van der Waals surface area contributed by atoms with Crippen LogP contribution in [0.2, 0.25) is 0 Å². The van der Waals surface area contributed by atoms with Gasteiger partial charge in [0.2, 0.25) is 5.91 Å². The summed E-state index contributed by atoms with van der Waals surface area (Å²) in [5.41, 5.74) is 0. The SMILES string of the molecule is CCCCCCCCCCCCCCCCCCCCCCCC(=O)NC(COC1OC(CO)C(O)C(OS(=O)(=O)O)C1O)C(O)CCCCCCCCCCCCCCCCCCCC. The number of amides is 1. The molecule has 1 aliphatic heterocycles. The van der Waals surface area contributed by atoms with Crippen LogP contribution in [0, 0.1) is 0 Å². The van der Waals surface area contributed by atoms with Crippen LogP contribution in [0.5, 0.6) is 0 Å². The highest BCUT2D eigenvalue weighted by molar-refractivity contribution is 7.80. The molecule has 0 aromatic heterocycles. The number of aliphatic hydroxyl groups is 4. The van der Waals surface area contributed by atoms with E-state index in [-0.39, 0.29) is 12.5 Å². The van der Waals surface area contributed by atoms with Gasteiger partial charge < -0.3 is 35.2 Å². The maximum Gasteiger partial charge on any atom is 0.397 e. The van der Waals surface area contributed by atoms with Crippen LogP contribution in [-0.4, -0.2) is 95.4 Å². The van der Waals surface area contributed by atoms with Gasteiger partial charge >= 0.3 is 10.4 Å². The number of aliphatic hydroxyl groups excluding tert-OH is 4. The summed E-state index contributed by atoms with van der Waals surface area (Å²) in [6, 6.07) is -0.852. The molecule has 394 valence electrons. The normalized spacial score (nSPS) is 19.9. The van der Waals surface area contributed by atoms with Crippen molar-refractivity contribution in [3.05, 3.63) is 0 Å². The van der Waals surface area contributed by atoms with Gasteiger partial charge in [0.1, 0.15) is 24.4 Å². The summed E-state index contributed by atoms with van der Waals surface area (Å²) in [7, 11) is -5.08. The van der Waals surface area contributed by atoms with E-state index in [0.717, 1.165) is 51.4 Å². The molecule has 0 spiro atoms. The van der Waals surface area contributed by atoms with Crippen molar-refractivity contribution in [2.24, 2.45) is 0 Å². The van der Waals surface area contributed by atoms with Crippen molar-refractivity contribution < 1.29 is 51.8 Å².